The molecule has 4 nitrogen and oxygen atoms in total. The van der Waals surface area contributed by atoms with E-state index in [0.29, 0.717) is 0 Å². The molecule has 0 aliphatic carbocycles. The molecule has 0 aliphatic rings. The minimum absolute atomic E-state index is 0.0532. The van der Waals surface area contributed by atoms with Crippen molar-refractivity contribution in [2.45, 2.75) is 117 Å². The molecule has 0 aliphatic heterocycles. The van der Waals surface area contributed by atoms with Crippen LogP contribution in [0, 0.1) is 0 Å². The van der Waals surface area contributed by atoms with Gasteiger partial charge in [0.2, 0.25) is 5.56 Å². The first-order chi connectivity index (χ1) is 14.8. The number of rotatable bonds is 16. The molecule has 2 aromatic rings. The average Bonchev–Trinajstić information content (AvgIpc) is 3.21. The van der Waals surface area contributed by atoms with Gasteiger partial charge in [0.05, 0.1) is 12.0 Å². The van der Waals surface area contributed by atoms with E-state index in [0.717, 1.165) is 0 Å². The molecule has 0 saturated heterocycles. The molecule has 2 aromatic heterocycles. The van der Waals surface area contributed by atoms with Crippen LogP contribution in [-0.2, 0) is 12.8 Å². The van der Waals surface area contributed by atoms with Crippen LogP contribution in [0.25, 0.3) is 0 Å². The maximum Gasteiger partial charge on any atom is 0.247 e. The Bertz CT molecular complexity index is 612. The van der Waals surface area contributed by atoms with Crippen molar-refractivity contribution in [2.75, 3.05) is 0 Å². The van der Waals surface area contributed by atoms with E-state index < -0.39 is 0 Å². The fourth-order valence-corrected chi connectivity index (χ4v) is 3.67. The number of hydrogen-bond acceptors (Lipinski definition) is 2. The summed E-state index contributed by atoms with van der Waals surface area (Å²) >= 11 is 0. The second-order valence-electron chi connectivity index (χ2n) is 8.30. The van der Waals surface area contributed by atoms with E-state index in [1.54, 1.807) is 18.3 Å². The van der Waals surface area contributed by atoms with Gasteiger partial charge in [0.1, 0.15) is 0 Å². The van der Waals surface area contributed by atoms with Crippen LogP contribution in [0.4, 0.5) is 0 Å². The molecule has 0 radical (unpaired) electrons. The zero-order chi connectivity index (χ0) is 21.7. The van der Waals surface area contributed by atoms with Crippen molar-refractivity contribution in [3.05, 3.63) is 52.5 Å². The van der Waals surface area contributed by atoms with Crippen molar-refractivity contribution in [1.29, 1.82) is 0 Å². The largest absolute Gasteiger partial charge is 0.348 e. The number of aromatic amines is 2. The number of nitrogens with one attached hydrogen (secondary N) is 2. The summed E-state index contributed by atoms with van der Waals surface area (Å²) in [5.74, 6) is 0. The lowest BCUT2D eigenvalue weighted by Crippen LogP contribution is -1.98. The summed E-state index contributed by atoms with van der Waals surface area (Å²) in [5, 5.41) is 0. The van der Waals surface area contributed by atoms with E-state index in [9.17, 15) is 4.79 Å². The van der Waals surface area contributed by atoms with Gasteiger partial charge in [-0.1, -0.05) is 97.0 Å². The lowest BCUT2D eigenvalue weighted by molar-refractivity contribution is 0.580. The minimum Gasteiger partial charge on any atom is -0.348 e. The Morgan fingerprint density at radius 1 is 0.700 bits per heavy atom. The van der Waals surface area contributed by atoms with Gasteiger partial charge in [0.15, 0.2) is 0 Å². The molecule has 2 N–H and O–H groups in total. The number of nitrogens with zero attached hydrogens (tertiary/aromatic N) is 1. The standard InChI is InChI=1S/C21H40N2.C5H5NO/c1-3-5-7-9-11-13-15-17-20-21(23-19-22-20)18-16-14-12-10-8-6-4-2;7-5-3-1-2-4-6-5/h19H,3-18H2,1-2H3,(H,22,23);1-4H,(H,6,7). The highest BCUT2D eigenvalue weighted by molar-refractivity contribution is 5.11. The summed E-state index contributed by atoms with van der Waals surface area (Å²) in [6.07, 6.45) is 25.2. The van der Waals surface area contributed by atoms with Gasteiger partial charge in [-0.2, -0.15) is 0 Å². The molecule has 0 amide bonds. The highest BCUT2D eigenvalue weighted by atomic mass is 16.1. The number of unbranched alkanes of at least 4 members (excludes halogenated alkanes) is 12. The molecule has 0 bridgehead atoms. The van der Waals surface area contributed by atoms with Gasteiger partial charge in [0, 0.05) is 18.0 Å². The Kier molecular flexibility index (Phi) is 16.7. The molecular formula is C26H45N3O. The van der Waals surface area contributed by atoms with Crippen LogP contribution in [0.1, 0.15) is 115 Å². The van der Waals surface area contributed by atoms with Gasteiger partial charge in [-0.25, -0.2) is 4.98 Å². The normalized spacial score (nSPS) is 10.6. The highest BCUT2D eigenvalue weighted by Gasteiger charge is 2.05. The van der Waals surface area contributed by atoms with Gasteiger partial charge < -0.3 is 9.97 Å². The van der Waals surface area contributed by atoms with Crippen LogP contribution in [-0.4, -0.2) is 15.0 Å². The Hall–Kier alpha value is -1.84. The van der Waals surface area contributed by atoms with Crippen molar-refractivity contribution in [3.63, 3.8) is 0 Å². The maximum absolute atomic E-state index is 10.2. The van der Waals surface area contributed by atoms with E-state index in [-0.39, 0.29) is 5.56 Å². The molecule has 2 heterocycles. The summed E-state index contributed by atoms with van der Waals surface area (Å²) in [5.41, 5.74) is 2.69. The van der Waals surface area contributed by atoms with E-state index in [2.05, 4.69) is 28.8 Å². The van der Waals surface area contributed by atoms with Crippen molar-refractivity contribution in [2.24, 2.45) is 0 Å². The predicted octanol–water partition coefficient (Wildman–Crippen LogP) is 7.37. The topological polar surface area (TPSA) is 61.5 Å². The molecule has 30 heavy (non-hydrogen) atoms. The van der Waals surface area contributed by atoms with E-state index >= 15 is 0 Å². The molecule has 0 aromatic carbocycles. The first-order valence-electron chi connectivity index (χ1n) is 12.4. The van der Waals surface area contributed by atoms with Gasteiger partial charge in [-0.15, -0.1) is 0 Å². The minimum atomic E-state index is -0.0532. The van der Waals surface area contributed by atoms with E-state index in [1.807, 2.05) is 6.33 Å². The first kappa shape index (κ1) is 26.2. The first-order valence-corrected chi connectivity index (χ1v) is 12.4. The molecule has 0 fully saturated rings. The molecule has 0 spiro atoms. The van der Waals surface area contributed by atoms with Crippen LogP contribution in [0.15, 0.2) is 35.5 Å². The van der Waals surface area contributed by atoms with Crippen molar-refractivity contribution >= 4 is 0 Å². The number of imidazole rings is 1. The summed E-state index contributed by atoms with van der Waals surface area (Å²) in [7, 11) is 0. The van der Waals surface area contributed by atoms with Crippen molar-refractivity contribution in [3.8, 4) is 0 Å². The Balaban J connectivity index is 0.000000539. The summed E-state index contributed by atoms with van der Waals surface area (Å²) in [6, 6.07) is 4.93. The number of aromatic nitrogens is 3. The van der Waals surface area contributed by atoms with Crippen molar-refractivity contribution in [1.82, 2.24) is 15.0 Å². The number of H-pyrrole nitrogens is 2. The van der Waals surface area contributed by atoms with E-state index in [1.165, 1.54) is 120 Å². The number of hydrogen-bond donors (Lipinski definition) is 2. The van der Waals surface area contributed by atoms with Gasteiger partial charge in [-0.05, 0) is 31.7 Å². The summed E-state index contributed by atoms with van der Waals surface area (Å²) in [6.45, 7) is 4.56. The maximum atomic E-state index is 10.2. The van der Waals surface area contributed by atoms with E-state index in [4.69, 9.17) is 0 Å². The van der Waals surface area contributed by atoms with Gasteiger partial charge in [-0.3, -0.25) is 4.79 Å². The zero-order valence-corrected chi connectivity index (χ0v) is 19.6. The molecule has 2 rings (SSSR count). The smallest absolute Gasteiger partial charge is 0.247 e. The van der Waals surface area contributed by atoms with Crippen molar-refractivity contribution < 1.29 is 0 Å². The fraction of sp³-hybridized carbons (Fsp3) is 0.692. The zero-order valence-electron chi connectivity index (χ0n) is 19.6. The molecular weight excluding hydrogens is 370 g/mol. The molecule has 0 saturated carbocycles. The number of pyridine rings is 1. The van der Waals surface area contributed by atoms with Crippen LogP contribution in [0.3, 0.4) is 0 Å². The van der Waals surface area contributed by atoms with Gasteiger partial charge >= 0.3 is 0 Å². The third kappa shape index (κ3) is 14.2. The lowest BCUT2D eigenvalue weighted by Gasteiger charge is -2.04. The van der Waals surface area contributed by atoms with Crippen LogP contribution in [0.5, 0.6) is 0 Å². The molecule has 4 heteroatoms. The second-order valence-corrected chi connectivity index (χ2v) is 8.30. The van der Waals surface area contributed by atoms with Crippen LogP contribution >= 0.6 is 0 Å². The molecule has 170 valence electrons. The molecule has 0 atom stereocenters. The summed E-state index contributed by atoms with van der Waals surface area (Å²) < 4.78 is 0. The number of aryl methyl sites for hydroxylation is 2. The lowest BCUT2D eigenvalue weighted by atomic mass is 10.0. The van der Waals surface area contributed by atoms with Gasteiger partial charge in [0.25, 0.3) is 0 Å². The van der Waals surface area contributed by atoms with Crippen LogP contribution in [0.2, 0.25) is 0 Å². The quantitative estimate of drug-likeness (QED) is 0.281. The third-order valence-corrected chi connectivity index (χ3v) is 5.54. The highest BCUT2D eigenvalue weighted by Crippen LogP contribution is 2.14. The monoisotopic (exact) mass is 415 g/mol. The predicted molar refractivity (Wildman–Crippen MR) is 129 cm³/mol. The SMILES string of the molecule is CCCCCCCCCc1nc[nH]c1CCCCCCCCC.O=c1cccc[nH]1. The Morgan fingerprint density at radius 3 is 1.77 bits per heavy atom. The average molecular weight is 416 g/mol. The Labute approximate surface area is 184 Å². The fourth-order valence-electron chi connectivity index (χ4n) is 3.67. The molecule has 0 unspecified atom stereocenters. The summed E-state index contributed by atoms with van der Waals surface area (Å²) in [4.78, 5) is 20.6. The third-order valence-electron chi connectivity index (χ3n) is 5.54. The second kappa shape index (κ2) is 19.1. The Morgan fingerprint density at radius 2 is 1.27 bits per heavy atom. The van der Waals surface area contributed by atoms with Crippen LogP contribution < -0.4 is 5.56 Å².